The molecule has 0 aromatic heterocycles. The van der Waals surface area contributed by atoms with Crippen LogP contribution in [-0.2, 0) is 9.53 Å². The third-order valence-corrected chi connectivity index (χ3v) is 3.87. The summed E-state index contributed by atoms with van der Waals surface area (Å²) >= 11 is 6.00. The van der Waals surface area contributed by atoms with Crippen molar-refractivity contribution in [3.63, 3.8) is 0 Å². The smallest absolute Gasteiger partial charge is 0.328 e. The normalized spacial score (nSPS) is 15.4. The van der Waals surface area contributed by atoms with Crippen molar-refractivity contribution in [1.29, 1.82) is 0 Å². The molecule has 1 aromatic carbocycles. The van der Waals surface area contributed by atoms with E-state index in [9.17, 15) is 9.59 Å². The van der Waals surface area contributed by atoms with E-state index >= 15 is 0 Å². The van der Waals surface area contributed by atoms with Crippen LogP contribution in [0, 0.1) is 0 Å². The van der Waals surface area contributed by atoms with E-state index in [0.29, 0.717) is 18.1 Å². The number of nitrogens with one attached hydrogen (secondary N) is 1. The molecule has 1 atom stereocenters. The molecule has 0 bridgehead atoms. The quantitative estimate of drug-likeness (QED) is 0.838. The van der Waals surface area contributed by atoms with Crippen molar-refractivity contribution in [1.82, 2.24) is 10.2 Å². The van der Waals surface area contributed by atoms with Gasteiger partial charge in [0.1, 0.15) is 6.04 Å². The average molecular weight is 362 g/mol. The highest BCUT2D eigenvalue weighted by Gasteiger charge is 2.24. The van der Waals surface area contributed by atoms with Gasteiger partial charge in [-0.3, -0.25) is 0 Å². The third kappa shape index (κ3) is 5.18. The fourth-order valence-electron chi connectivity index (χ4n) is 2.35. The number of rotatable bonds is 3. The number of carbonyl (C=O) groups is 2. The number of amides is 2. The van der Waals surface area contributed by atoms with E-state index in [2.05, 4.69) is 15.0 Å². The molecule has 2 rings (SSSR count). The first kappa shape index (κ1) is 19.4. The van der Waals surface area contributed by atoms with Crippen LogP contribution in [0.5, 0.6) is 0 Å². The molecule has 23 heavy (non-hydrogen) atoms. The van der Waals surface area contributed by atoms with Crippen molar-refractivity contribution in [2.45, 2.75) is 13.0 Å². The monoisotopic (exact) mass is 361 g/mol. The van der Waals surface area contributed by atoms with E-state index in [1.807, 2.05) is 24.3 Å². The number of methoxy groups -OCH3 is 1. The molecule has 1 aliphatic rings. The molecule has 1 aliphatic heterocycles. The minimum Gasteiger partial charge on any atom is -0.467 e. The zero-order valence-corrected chi connectivity index (χ0v) is 14.7. The van der Waals surface area contributed by atoms with Crippen LogP contribution >= 0.6 is 24.0 Å². The largest absolute Gasteiger partial charge is 0.467 e. The zero-order chi connectivity index (χ0) is 16.1. The Labute approximate surface area is 147 Å². The summed E-state index contributed by atoms with van der Waals surface area (Å²) in [4.78, 5) is 27.3. The number of carbonyl (C=O) groups excluding carboxylic acids is 2. The lowest BCUT2D eigenvalue weighted by molar-refractivity contribution is -0.142. The van der Waals surface area contributed by atoms with E-state index in [4.69, 9.17) is 11.6 Å². The van der Waals surface area contributed by atoms with Crippen LogP contribution in [0.3, 0.4) is 0 Å². The summed E-state index contributed by atoms with van der Waals surface area (Å²) in [6, 6.07) is 6.77. The number of anilines is 1. The van der Waals surface area contributed by atoms with Crippen LogP contribution < -0.4 is 10.2 Å². The van der Waals surface area contributed by atoms with Gasteiger partial charge in [-0.1, -0.05) is 17.7 Å². The number of esters is 1. The van der Waals surface area contributed by atoms with Gasteiger partial charge in [-0.25, -0.2) is 9.59 Å². The predicted octanol–water partition coefficient (Wildman–Crippen LogP) is 2.15. The Bertz CT molecular complexity index is 549. The fraction of sp³-hybridized carbons (Fsp3) is 0.467. The molecule has 0 saturated carbocycles. The Balaban J connectivity index is 0.00000264. The summed E-state index contributed by atoms with van der Waals surface area (Å²) in [5.74, 6) is -0.453. The van der Waals surface area contributed by atoms with Gasteiger partial charge >= 0.3 is 12.0 Å². The van der Waals surface area contributed by atoms with Gasteiger partial charge in [-0.15, -0.1) is 12.4 Å². The molecule has 1 N–H and O–H groups in total. The molecule has 1 saturated heterocycles. The number of hydrogen-bond donors (Lipinski definition) is 1. The van der Waals surface area contributed by atoms with Gasteiger partial charge in [0.05, 0.1) is 7.11 Å². The molecule has 1 fully saturated rings. The highest BCUT2D eigenvalue weighted by Crippen LogP contribution is 2.20. The second-order valence-electron chi connectivity index (χ2n) is 5.15. The molecule has 2 amide bonds. The molecular weight excluding hydrogens is 341 g/mol. The molecule has 8 heteroatoms. The van der Waals surface area contributed by atoms with Gasteiger partial charge in [0.2, 0.25) is 0 Å². The van der Waals surface area contributed by atoms with Gasteiger partial charge < -0.3 is 19.9 Å². The molecule has 0 aliphatic carbocycles. The molecule has 6 nitrogen and oxygen atoms in total. The Morgan fingerprint density at radius 3 is 2.48 bits per heavy atom. The number of hydrogen-bond acceptors (Lipinski definition) is 4. The highest BCUT2D eigenvalue weighted by molar-refractivity contribution is 6.30. The summed E-state index contributed by atoms with van der Waals surface area (Å²) in [7, 11) is 1.30. The molecule has 1 heterocycles. The standard InChI is InChI=1S/C15H20ClN3O3.ClH/c1-11(14(20)22-2)17-15(21)19-8-6-18(7-9-19)13-5-3-4-12(16)10-13;/h3-5,10-11H,6-9H2,1-2H3,(H,17,21);1H. The van der Waals surface area contributed by atoms with Gasteiger partial charge in [0.25, 0.3) is 0 Å². The van der Waals surface area contributed by atoms with Gasteiger partial charge in [-0.05, 0) is 25.1 Å². The molecule has 0 radical (unpaired) electrons. The SMILES string of the molecule is COC(=O)C(C)NC(=O)N1CCN(c2cccc(Cl)c2)CC1.Cl. The number of benzene rings is 1. The van der Waals surface area contributed by atoms with Crippen molar-refractivity contribution in [3.8, 4) is 0 Å². The Kier molecular flexibility index (Phi) is 7.45. The van der Waals surface area contributed by atoms with Crippen molar-refractivity contribution < 1.29 is 14.3 Å². The van der Waals surface area contributed by atoms with E-state index in [-0.39, 0.29) is 18.4 Å². The van der Waals surface area contributed by atoms with Gasteiger partial charge in [0.15, 0.2) is 0 Å². The summed E-state index contributed by atoms with van der Waals surface area (Å²) in [5, 5.41) is 3.34. The minimum absolute atomic E-state index is 0. The highest BCUT2D eigenvalue weighted by atomic mass is 35.5. The second-order valence-corrected chi connectivity index (χ2v) is 5.58. The lowest BCUT2D eigenvalue weighted by Gasteiger charge is -2.36. The van der Waals surface area contributed by atoms with Gasteiger partial charge in [-0.2, -0.15) is 0 Å². The van der Waals surface area contributed by atoms with Crippen molar-refractivity contribution in [3.05, 3.63) is 29.3 Å². The average Bonchev–Trinajstić information content (AvgIpc) is 2.54. The first-order valence-corrected chi connectivity index (χ1v) is 7.53. The number of ether oxygens (including phenoxy) is 1. The lowest BCUT2D eigenvalue weighted by Crippen LogP contribution is -2.54. The summed E-state index contributed by atoms with van der Waals surface area (Å²) in [5.41, 5.74) is 1.05. The minimum atomic E-state index is -0.650. The summed E-state index contributed by atoms with van der Waals surface area (Å²) in [6.07, 6.45) is 0. The topological polar surface area (TPSA) is 61.9 Å². The van der Waals surface area contributed by atoms with E-state index in [0.717, 1.165) is 18.8 Å². The maximum atomic E-state index is 12.1. The van der Waals surface area contributed by atoms with Gasteiger partial charge in [0, 0.05) is 36.9 Å². The molecule has 1 aromatic rings. The first-order valence-electron chi connectivity index (χ1n) is 7.15. The number of nitrogens with zero attached hydrogens (tertiary/aromatic N) is 2. The predicted molar refractivity (Wildman–Crippen MR) is 92.5 cm³/mol. The number of piperazine rings is 1. The Morgan fingerprint density at radius 2 is 1.91 bits per heavy atom. The molecule has 128 valence electrons. The molecule has 1 unspecified atom stereocenters. The summed E-state index contributed by atoms with van der Waals surface area (Å²) < 4.78 is 4.59. The second kappa shape index (κ2) is 8.84. The van der Waals surface area contributed by atoms with Crippen LogP contribution in [0.1, 0.15) is 6.92 Å². The van der Waals surface area contributed by atoms with E-state index in [1.165, 1.54) is 7.11 Å². The number of urea groups is 1. The zero-order valence-electron chi connectivity index (χ0n) is 13.1. The third-order valence-electron chi connectivity index (χ3n) is 3.63. The maximum absolute atomic E-state index is 12.1. The van der Waals surface area contributed by atoms with E-state index in [1.54, 1.807) is 11.8 Å². The van der Waals surface area contributed by atoms with Crippen molar-refractivity contribution in [2.24, 2.45) is 0 Å². The molecular formula is C15H21Cl2N3O3. The van der Waals surface area contributed by atoms with Crippen LogP contribution in [-0.4, -0.2) is 56.2 Å². The fourth-order valence-corrected chi connectivity index (χ4v) is 2.54. The summed E-state index contributed by atoms with van der Waals surface area (Å²) in [6.45, 7) is 4.23. The first-order chi connectivity index (χ1) is 10.5. The van der Waals surface area contributed by atoms with Crippen LogP contribution in [0.2, 0.25) is 5.02 Å². The maximum Gasteiger partial charge on any atom is 0.328 e. The Morgan fingerprint density at radius 1 is 1.26 bits per heavy atom. The van der Waals surface area contributed by atoms with Crippen LogP contribution in [0.4, 0.5) is 10.5 Å². The van der Waals surface area contributed by atoms with Crippen molar-refractivity contribution in [2.75, 3.05) is 38.2 Å². The Hall–Kier alpha value is -1.66. The van der Waals surface area contributed by atoms with E-state index < -0.39 is 12.0 Å². The number of halogens is 2. The molecule has 0 spiro atoms. The van der Waals surface area contributed by atoms with Crippen molar-refractivity contribution >= 4 is 41.7 Å². The van der Waals surface area contributed by atoms with Crippen LogP contribution in [0.15, 0.2) is 24.3 Å². The lowest BCUT2D eigenvalue weighted by atomic mass is 10.2. The van der Waals surface area contributed by atoms with Crippen LogP contribution in [0.25, 0.3) is 0 Å².